The minimum atomic E-state index is -0.437. The molecule has 0 aromatic carbocycles. The molecule has 2 rings (SSSR count). The number of rotatable bonds is 5. The third-order valence-electron chi connectivity index (χ3n) is 3.70. The van der Waals surface area contributed by atoms with Gasteiger partial charge in [-0.15, -0.1) is 0 Å². The summed E-state index contributed by atoms with van der Waals surface area (Å²) in [5.74, 6) is 0.511. The van der Waals surface area contributed by atoms with Gasteiger partial charge in [0, 0.05) is 25.5 Å². The van der Waals surface area contributed by atoms with E-state index in [4.69, 9.17) is 9.47 Å². The molecule has 0 radical (unpaired) electrons. The van der Waals surface area contributed by atoms with Crippen molar-refractivity contribution in [1.82, 2.24) is 14.9 Å². The summed E-state index contributed by atoms with van der Waals surface area (Å²) in [4.78, 5) is 22.0. The Kier molecular flexibility index (Phi) is 6.19. The molecule has 6 heteroatoms. The number of hydrogen-bond donors (Lipinski definition) is 0. The number of hydrogen-bond acceptors (Lipinski definition) is 5. The molecule has 23 heavy (non-hydrogen) atoms. The number of piperidine rings is 1. The zero-order chi connectivity index (χ0) is 16.7. The molecule has 1 amide bonds. The molecule has 0 saturated carbocycles. The van der Waals surface area contributed by atoms with Crippen molar-refractivity contribution in [3.8, 4) is 6.01 Å². The zero-order valence-electron chi connectivity index (χ0n) is 14.3. The van der Waals surface area contributed by atoms with E-state index >= 15 is 0 Å². The summed E-state index contributed by atoms with van der Waals surface area (Å²) in [6.45, 7) is 7.86. The van der Waals surface area contributed by atoms with Crippen LogP contribution in [0.15, 0.2) is 18.5 Å². The average molecular weight is 321 g/mol. The molecule has 1 aliphatic heterocycles. The Morgan fingerprint density at radius 2 is 2.09 bits per heavy atom. The van der Waals surface area contributed by atoms with Crippen molar-refractivity contribution in [1.29, 1.82) is 0 Å². The highest BCUT2D eigenvalue weighted by Gasteiger charge is 2.27. The van der Waals surface area contributed by atoms with Crippen LogP contribution in [0.2, 0.25) is 0 Å². The highest BCUT2D eigenvalue weighted by molar-refractivity contribution is 5.68. The predicted octanol–water partition coefficient (Wildman–Crippen LogP) is 3.28. The van der Waals surface area contributed by atoms with Crippen molar-refractivity contribution in [3.63, 3.8) is 0 Å². The summed E-state index contributed by atoms with van der Waals surface area (Å²) in [5.41, 5.74) is -0.437. The fourth-order valence-electron chi connectivity index (χ4n) is 2.69. The quantitative estimate of drug-likeness (QED) is 0.779. The number of carbonyl (C=O) groups excluding carboxylic acids is 1. The lowest BCUT2D eigenvalue weighted by Gasteiger charge is -2.34. The van der Waals surface area contributed by atoms with Gasteiger partial charge in [0.15, 0.2) is 0 Å². The van der Waals surface area contributed by atoms with Crippen LogP contribution >= 0.6 is 0 Å². The first-order chi connectivity index (χ1) is 10.9. The third-order valence-corrected chi connectivity index (χ3v) is 3.70. The Balaban J connectivity index is 1.68. The number of aromatic nitrogens is 2. The first-order valence-electron chi connectivity index (χ1n) is 8.32. The van der Waals surface area contributed by atoms with Crippen LogP contribution in [0.1, 0.15) is 46.5 Å². The molecule has 0 bridgehead atoms. The normalized spacial score (nSPS) is 18.6. The van der Waals surface area contributed by atoms with Crippen molar-refractivity contribution >= 4 is 6.09 Å². The van der Waals surface area contributed by atoms with Crippen molar-refractivity contribution < 1.29 is 14.3 Å². The fraction of sp³-hybridized carbons (Fsp3) is 0.706. The fourth-order valence-corrected chi connectivity index (χ4v) is 2.69. The summed E-state index contributed by atoms with van der Waals surface area (Å²) in [5, 5.41) is 0. The molecule has 0 aliphatic carbocycles. The van der Waals surface area contributed by atoms with Crippen molar-refractivity contribution in [2.75, 3.05) is 19.7 Å². The minimum absolute atomic E-state index is 0.198. The van der Waals surface area contributed by atoms with Gasteiger partial charge >= 0.3 is 12.1 Å². The second kappa shape index (κ2) is 8.13. The molecule has 1 aromatic rings. The Morgan fingerprint density at radius 3 is 2.78 bits per heavy atom. The molecule has 128 valence electrons. The van der Waals surface area contributed by atoms with E-state index in [0.29, 0.717) is 18.5 Å². The van der Waals surface area contributed by atoms with E-state index < -0.39 is 5.60 Å². The van der Waals surface area contributed by atoms with E-state index in [1.54, 1.807) is 18.5 Å². The lowest BCUT2D eigenvalue weighted by molar-refractivity contribution is 0.0159. The zero-order valence-corrected chi connectivity index (χ0v) is 14.3. The Labute approximate surface area is 138 Å². The van der Waals surface area contributed by atoms with E-state index in [1.807, 2.05) is 25.7 Å². The Bertz CT molecular complexity index is 488. The highest BCUT2D eigenvalue weighted by Crippen LogP contribution is 2.22. The van der Waals surface area contributed by atoms with E-state index in [9.17, 15) is 4.79 Å². The maximum Gasteiger partial charge on any atom is 0.410 e. The summed E-state index contributed by atoms with van der Waals surface area (Å²) >= 11 is 0. The molecular formula is C17H27N3O3. The molecule has 1 atom stereocenters. The van der Waals surface area contributed by atoms with Crippen molar-refractivity contribution in [2.45, 2.75) is 52.1 Å². The molecule has 1 saturated heterocycles. The van der Waals surface area contributed by atoms with Crippen LogP contribution in [-0.2, 0) is 4.74 Å². The molecule has 1 aromatic heterocycles. The lowest BCUT2D eigenvalue weighted by Crippen LogP contribution is -2.42. The summed E-state index contributed by atoms with van der Waals surface area (Å²) in [6, 6.07) is 2.19. The first kappa shape index (κ1) is 17.5. The Hall–Kier alpha value is -1.85. The van der Waals surface area contributed by atoms with Crippen molar-refractivity contribution in [2.24, 2.45) is 5.92 Å². The number of likely N-dealkylation sites (tertiary alicyclic amines) is 1. The molecule has 1 aliphatic rings. The monoisotopic (exact) mass is 321 g/mol. The number of ether oxygens (including phenoxy) is 2. The SMILES string of the molecule is CC(C)(C)OC(=O)N1CCC[C@@H](CCCOc2ncccn2)C1. The van der Waals surface area contributed by atoms with Crippen LogP contribution < -0.4 is 4.74 Å². The van der Waals surface area contributed by atoms with Crippen molar-refractivity contribution in [3.05, 3.63) is 18.5 Å². The van der Waals surface area contributed by atoms with E-state index in [2.05, 4.69) is 9.97 Å². The molecule has 1 fully saturated rings. The average Bonchev–Trinajstić information content (AvgIpc) is 2.51. The van der Waals surface area contributed by atoms with Crippen LogP contribution in [0.4, 0.5) is 4.79 Å². The van der Waals surface area contributed by atoms with Crippen LogP contribution in [0.25, 0.3) is 0 Å². The standard InChI is InChI=1S/C17H27N3O3/c1-17(2,3)23-16(21)20-11-4-7-14(13-20)8-5-12-22-15-18-9-6-10-19-15/h6,9-10,14H,4-5,7-8,11-13H2,1-3H3/t14-/m0/s1. The summed E-state index contributed by atoms with van der Waals surface area (Å²) in [6.07, 6.45) is 7.30. The van der Waals surface area contributed by atoms with Gasteiger partial charge in [-0.1, -0.05) is 0 Å². The topological polar surface area (TPSA) is 64.5 Å². The van der Waals surface area contributed by atoms with Crippen LogP contribution in [0, 0.1) is 5.92 Å². The third kappa shape index (κ3) is 6.42. The van der Waals surface area contributed by atoms with E-state index in [-0.39, 0.29) is 6.09 Å². The molecular weight excluding hydrogens is 294 g/mol. The number of carbonyl (C=O) groups is 1. The summed E-state index contributed by atoms with van der Waals surface area (Å²) < 4.78 is 11.0. The number of amides is 1. The van der Waals surface area contributed by atoms with Gasteiger partial charge in [-0.25, -0.2) is 14.8 Å². The molecule has 0 spiro atoms. The van der Waals surface area contributed by atoms with Gasteiger partial charge in [0.2, 0.25) is 0 Å². The minimum Gasteiger partial charge on any atom is -0.463 e. The molecule has 2 heterocycles. The maximum absolute atomic E-state index is 12.1. The summed E-state index contributed by atoms with van der Waals surface area (Å²) in [7, 11) is 0. The molecule has 6 nitrogen and oxygen atoms in total. The van der Waals surface area contributed by atoms with Gasteiger partial charge in [-0.05, 0) is 58.4 Å². The predicted molar refractivity (Wildman–Crippen MR) is 87.3 cm³/mol. The highest BCUT2D eigenvalue weighted by atomic mass is 16.6. The van der Waals surface area contributed by atoms with Gasteiger partial charge in [0.05, 0.1) is 6.61 Å². The molecule has 0 N–H and O–H groups in total. The van der Waals surface area contributed by atoms with Crippen LogP contribution in [-0.4, -0.2) is 46.3 Å². The van der Waals surface area contributed by atoms with E-state index in [0.717, 1.165) is 38.8 Å². The van der Waals surface area contributed by atoms with Gasteiger partial charge in [0.25, 0.3) is 0 Å². The van der Waals surface area contributed by atoms with Gasteiger partial charge in [-0.3, -0.25) is 0 Å². The van der Waals surface area contributed by atoms with Crippen LogP contribution in [0.3, 0.4) is 0 Å². The van der Waals surface area contributed by atoms with E-state index in [1.165, 1.54) is 0 Å². The lowest BCUT2D eigenvalue weighted by atomic mass is 9.94. The number of nitrogens with zero attached hydrogens (tertiary/aromatic N) is 3. The van der Waals surface area contributed by atoms with Gasteiger partial charge < -0.3 is 14.4 Å². The van der Waals surface area contributed by atoms with Gasteiger partial charge in [0.1, 0.15) is 5.60 Å². The largest absolute Gasteiger partial charge is 0.463 e. The first-order valence-corrected chi connectivity index (χ1v) is 8.32. The Morgan fingerprint density at radius 1 is 1.35 bits per heavy atom. The van der Waals surface area contributed by atoms with Gasteiger partial charge in [-0.2, -0.15) is 0 Å². The maximum atomic E-state index is 12.1. The smallest absolute Gasteiger partial charge is 0.410 e. The second-order valence-electron chi connectivity index (χ2n) is 6.96. The molecule has 0 unspecified atom stereocenters. The van der Waals surface area contributed by atoms with Crippen LogP contribution in [0.5, 0.6) is 6.01 Å². The second-order valence-corrected chi connectivity index (χ2v) is 6.96.